The SMILES string of the molecule is CC(C)(C)c1ccc(-n2c(-c3ccccc3O)nc3c2[Si](C)(C)c2cccc4c2N3c2[c-]c(-c3cc(-c5ccccc5)ccn3)ccc2[Si]4(C)C)c(-c2ccccc2)c1.[Pt]. The van der Waals surface area contributed by atoms with Gasteiger partial charge in [-0.3, -0.25) is 4.57 Å². The summed E-state index contributed by atoms with van der Waals surface area (Å²) in [5.41, 5.74) is 11.6. The van der Waals surface area contributed by atoms with Crippen LogP contribution in [0.2, 0.25) is 26.2 Å². The van der Waals surface area contributed by atoms with E-state index in [1.807, 2.05) is 30.5 Å². The number of aromatic nitrogens is 3. The third kappa shape index (κ3) is 6.20. The number of benzene rings is 6. The van der Waals surface area contributed by atoms with Gasteiger partial charge in [0.25, 0.3) is 0 Å². The molecule has 300 valence electrons. The van der Waals surface area contributed by atoms with Crippen molar-refractivity contribution in [2.75, 3.05) is 4.90 Å². The summed E-state index contributed by atoms with van der Waals surface area (Å²) in [6, 6.07) is 55.5. The Balaban J connectivity index is 0.00000462. The van der Waals surface area contributed by atoms with Crippen LogP contribution >= 0.6 is 0 Å². The van der Waals surface area contributed by atoms with E-state index in [2.05, 4.69) is 178 Å². The second-order valence-electron chi connectivity index (χ2n) is 18.0. The number of rotatable bonds is 5. The van der Waals surface area contributed by atoms with Crippen LogP contribution in [0.5, 0.6) is 5.75 Å². The van der Waals surface area contributed by atoms with Crippen LogP contribution in [-0.2, 0) is 26.5 Å². The van der Waals surface area contributed by atoms with Crippen molar-refractivity contribution < 1.29 is 26.2 Å². The minimum Gasteiger partial charge on any atom is -0.507 e. The number of nitrogens with zero attached hydrogens (tertiary/aromatic N) is 4. The maximum atomic E-state index is 11.6. The van der Waals surface area contributed by atoms with E-state index >= 15 is 0 Å². The molecule has 4 heterocycles. The summed E-state index contributed by atoms with van der Waals surface area (Å²) in [6.45, 7) is 16.7. The van der Waals surface area contributed by atoms with Crippen molar-refractivity contribution in [1.82, 2.24) is 14.5 Å². The number of imidazole rings is 1. The summed E-state index contributed by atoms with van der Waals surface area (Å²) in [7, 11) is -4.78. The number of hydrogen-bond donors (Lipinski definition) is 1. The number of phenolic OH excluding ortho intramolecular Hbond substituents is 1. The molecule has 10 rings (SSSR count). The summed E-state index contributed by atoms with van der Waals surface area (Å²) in [4.78, 5) is 13.1. The van der Waals surface area contributed by atoms with Gasteiger partial charge in [-0.05, 0) is 79.8 Å². The number of fused-ring (bicyclic) bond motifs is 4. The second-order valence-corrected chi connectivity index (χ2v) is 26.6. The van der Waals surface area contributed by atoms with Crippen LogP contribution in [0.4, 0.5) is 17.2 Å². The Hall–Kier alpha value is -5.60. The van der Waals surface area contributed by atoms with E-state index in [4.69, 9.17) is 9.97 Å². The van der Waals surface area contributed by atoms with Crippen molar-refractivity contribution in [3.8, 4) is 56.3 Å². The van der Waals surface area contributed by atoms with Crippen molar-refractivity contribution in [3.63, 3.8) is 0 Å². The molecule has 0 saturated carbocycles. The average molecular weight is 995 g/mol. The minimum absolute atomic E-state index is 0. The van der Waals surface area contributed by atoms with E-state index in [0.717, 1.165) is 56.5 Å². The summed E-state index contributed by atoms with van der Waals surface area (Å²) in [6.07, 6.45) is 1.90. The van der Waals surface area contributed by atoms with Crippen LogP contribution < -0.4 is 25.8 Å². The van der Waals surface area contributed by atoms with Crippen molar-refractivity contribution in [3.05, 3.63) is 163 Å². The Kier molecular flexibility index (Phi) is 9.66. The van der Waals surface area contributed by atoms with Gasteiger partial charge in [0.15, 0.2) is 11.6 Å². The molecule has 1 N–H and O–H groups in total. The van der Waals surface area contributed by atoms with E-state index < -0.39 is 16.1 Å². The van der Waals surface area contributed by atoms with Gasteiger partial charge >= 0.3 is 0 Å². The summed E-state index contributed by atoms with van der Waals surface area (Å²) in [5.74, 6) is 1.83. The molecule has 8 heteroatoms. The van der Waals surface area contributed by atoms with Crippen LogP contribution in [0.15, 0.2) is 152 Å². The van der Waals surface area contributed by atoms with E-state index in [0.29, 0.717) is 5.56 Å². The molecule has 8 aromatic rings. The van der Waals surface area contributed by atoms with Crippen LogP contribution in [0.1, 0.15) is 26.3 Å². The molecule has 0 spiro atoms. The molecule has 2 aliphatic rings. The van der Waals surface area contributed by atoms with Gasteiger partial charge in [0, 0.05) is 38.5 Å². The first-order valence-electron chi connectivity index (χ1n) is 20.5. The number of pyridine rings is 1. The van der Waals surface area contributed by atoms with Crippen molar-refractivity contribution >= 4 is 54.2 Å². The molecule has 6 aromatic carbocycles. The van der Waals surface area contributed by atoms with Gasteiger partial charge < -0.3 is 15.0 Å². The van der Waals surface area contributed by atoms with E-state index in [-0.39, 0.29) is 32.2 Å². The molecule has 2 aliphatic heterocycles. The fraction of sp³-hybridized carbons (Fsp3) is 0.154. The van der Waals surface area contributed by atoms with Gasteiger partial charge in [-0.2, -0.15) is 0 Å². The van der Waals surface area contributed by atoms with Gasteiger partial charge in [0.1, 0.15) is 13.8 Å². The van der Waals surface area contributed by atoms with Crippen molar-refractivity contribution in [2.45, 2.75) is 52.4 Å². The number of phenols is 1. The topological polar surface area (TPSA) is 54.2 Å². The van der Waals surface area contributed by atoms with Gasteiger partial charge in [-0.25, -0.2) is 4.98 Å². The van der Waals surface area contributed by atoms with Gasteiger partial charge in [0.05, 0.1) is 24.6 Å². The zero-order valence-electron chi connectivity index (χ0n) is 35.0. The molecule has 0 aliphatic carbocycles. The number of anilines is 3. The average Bonchev–Trinajstić information content (AvgIpc) is 3.65. The second kappa shape index (κ2) is 14.5. The largest absolute Gasteiger partial charge is 0.507 e. The molecule has 0 radical (unpaired) electrons. The molecule has 0 unspecified atom stereocenters. The Morgan fingerprint density at radius 2 is 1.28 bits per heavy atom. The first kappa shape index (κ1) is 39.8. The van der Waals surface area contributed by atoms with Crippen LogP contribution in [0.25, 0.3) is 50.6 Å². The summed E-state index contributed by atoms with van der Waals surface area (Å²) in [5, 5.41) is 17.0. The molecule has 2 aromatic heterocycles. The van der Waals surface area contributed by atoms with E-state index in [1.165, 1.54) is 32.1 Å². The predicted molar refractivity (Wildman–Crippen MR) is 250 cm³/mol. The molecule has 0 fully saturated rings. The summed E-state index contributed by atoms with van der Waals surface area (Å²) < 4.78 is 2.40. The van der Waals surface area contributed by atoms with Crippen LogP contribution in [0, 0.1) is 6.07 Å². The van der Waals surface area contributed by atoms with Gasteiger partial charge in [-0.1, -0.05) is 150 Å². The molecule has 0 bridgehead atoms. The van der Waals surface area contributed by atoms with Crippen molar-refractivity contribution in [2.24, 2.45) is 0 Å². The smallest absolute Gasteiger partial charge is 0.154 e. The zero-order valence-corrected chi connectivity index (χ0v) is 39.3. The maximum Gasteiger partial charge on any atom is 0.154 e. The Labute approximate surface area is 369 Å². The van der Waals surface area contributed by atoms with Crippen molar-refractivity contribution in [1.29, 1.82) is 0 Å². The maximum absolute atomic E-state index is 11.6. The normalized spacial score (nSPS) is 14.4. The number of hydrogen-bond acceptors (Lipinski definition) is 4. The first-order chi connectivity index (χ1) is 28.3. The standard InChI is InChI=1S/C52H47N4OSi2.Pt/c1-52(2,3)38-26-27-42(40(33-38)35-19-12-9-13-20-35)56-49(39-21-14-15-22-44(39)57)54-50-51(56)59(6,7)47-24-16-23-46-48(47)55(50)43-32-37(25-28-45(43)58(46,4)5)41-31-36(29-30-53-41)34-17-10-8-11-18-34;/h8-31,33,57H,1-7H3;/q-1;. The third-order valence-electron chi connectivity index (χ3n) is 12.6. The number of para-hydroxylation sites is 2. The Bertz CT molecular complexity index is 2950. The third-order valence-corrected chi connectivity index (χ3v) is 19.4. The summed E-state index contributed by atoms with van der Waals surface area (Å²) >= 11 is 0. The van der Waals surface area contributed by atoms with Gasteiger partial charge in [0.2, 0.25) is 0 Å². The fourth-order valence-corrected chi connectivity index (χ4v) is 15.5. The molecule has 0 saturated heterocycles. The van der Waals surface area contributed by atoms with E-state index in [1.54, 1.807) is 6.07 Å². The molecule has 0 atom stereocenters. The van der Waals surface area contributed by atoms with Gasteiger partial charge in [-0.15, -0.1) is 28.9 Å². The molecular formula is C52H47N4OPtSi2-. The van der Waals surface area contributed by atoms with E-state index in [9.17, 15) is 5.11 Å². The molecular weight excluding hydrogens is 948 g/mol. The first-order valence-corrected chi connectivity index (χ1v) is 26.5. The fourth-order valence-electron chi connectivity index (χ4n) is 9.34. The Morgan fingerprint density at radius 3 is 1.98 bits per heavy atom. The van der Waals surface area contributed by atoms with Crippen LogP contribution in [0.3, 0.4) is 0 Å². The predicted octanol–water partition coefficient (Wildman–Crippen LogP) is 10.5. The minimum atomic E-state index is -2.55. The Morgan fingerprint density at radius 1 is 0.617 bits per heavy atom. The molecule has 5 nitrogen and oxygen atoms in total. The number of aromatic hydroxyl groups is 1. The molecule has 0 amide bonds. The quantitative estimate of drug-likeness (QED) is 0.138. The zero-order chi connectivity index (χ0) is 40.8. The monoisotopic (exact) mass is 994 g/mol. The van der Waals surface area contributed by atoms with Crippen LogP contribution in [-0.4, -0.2) is 35.8 Å². The molecule has 60 heavy (non-hydrogen) atoms.